The van der Waals surface area contributed by atoms with Crippen LogP contribution in [-0.4, -0.2) is 36.8 Å². The summed E-state index contributed by atoms with van der Waals surface area (Å²) in [6.45, 7) is 11.2. The Kier molecular flexibility index (Phi) is 7.51. The zero-order valence-electron chi connectivity index (χ0n) is 20.2. The Bertz CT molecular complexity index is 1400. The Morgan fingerprint density at radius 2 is 1.91 bits per heavy atom. The first-order chi connectivity index (χ1) is 16.9. The molecule has 0 bridgehead atoms. The fourth-order valence-corrected chi connectivity index (χ4v) is 4.83. The number of amides is 1. The van der Waals surface area contributed by atoms with Crippen molar-refractivity contribution in [1.82, 2.24) is 19.3 Å². The van der Waals surface area contributed by atoms with Crippen LogP contribution in [0.25, 0.3) is 10.9 Å². The van der Waals surface area contributed by atoms with Gasteiger partial charge in [0.1, 0.15) is 5.82 Å². The van der Waals surface area contributed by atoms with Crippen LogP contribution in [0.5, 0.6) is 0 Å². The van der Waals surface area contributed by atoms with Crippen LogP contribution in [0, 0.1) is 13.8 Å². The van der Waals surface area contributed by atoms with Gasteiger partial charge in [0.25, 0.3) is 0 Å². The topological polar surface area (TPSA) is 81.8 Å². The molecule has 0 spiro atoms. The number of nitrogens with zero attached hydrogens (tertiary/aromatic N) is 4. The molecule has 0 saturated heterocycles. The molecular formula is C27H29N5O2S. The number of thioether (sulfide) groups is 1. The lowest BCUT2D eigenvalue weighted by Crippen LogP contribution is -2.18. The molecule has 35 heavy (non-hydrogen) atoms. The number of carbonyl (C=O) groups excluding carboxylic acids is 2. The van der Waals surface area contributed by atoms with E-state index >= 15 is 0 Å². The second kappa shape index (κ2) is 10.7. The number of aromatic nitrogens is 4. The maximum atomic E-state index is 13.1. The van der Waals surface area contributed by atoms with Crippen molar-refractivity contribution in [2.45, 2.75) is 45.4 Å². The van der Waals surface area contributed by atoms with Crippen molar-refractivity contribution in [3.05, 3.63) is 83.8 Å². The van der Waals surface area contributed by atoms with Crippen LogP contribution in [0.3, 0.4) is 0 Å². The van der Waals surface area contributed by atoms with E-state index in [1.54, 1.807) is 6.08 Å². The third kappa shape index (κ3) is 5.38. The minimum atomic E-state index is -0.175. The van der Waals surface area contributed by atoms with Gasteiger partial charge < -0.3 is 14.5 Å². The molecule has 4 aromatic rings. The lowest BCUT2D eigenvalue weighted by molar-refractivity contribution is -0.115. The number of Topliss-reactive ketones (excluding diaryl/α,β-unsaturated/α-hetero) is 1. The van der Waals surface area contributed by atoms with E-state index in [4.69, 9.17) is 0 Å². The highest BCUT2D eigenvalue weighted by Crippen LogP contribution is 2.25. The van der Waals surface area contributed by atoms with E-state index in [9.17, 15) is 9.59 Å². The lowest BCUT2D eigenvalue weighted by atomic mass is 10.1. The standard InChI is InChI=1S/C27H29N5O2S/c1-5-13-32-25(15-26(34)28-20-12-11-18(3)19(4)14-20)29-30-27(32)35-17-24(33)22-16-31(6-2)23-10-8-7-9-21(22)23/h5,7-12,14,16H,1,6,13,15,17H2,2-4H3,(H,28,34). The number of allylic oxidation sites excluding steroid dienone is 1. The number of aryl methyl sites for hydroxylation is 3. The second-order valence-corrected chi connectivity index (χ2v) is 9.32. The average Bonchev–Trinajstić information content (AvgIpc) is 3.41. The van der Waals surface area contributed by atoms with Gasteiger partial charge in [-0.15, -0.1) is 16.8 Å². The van der Waals surface area contributed by atoms with E-state index in [2.05, 4.69) is 33.6 Å². The van der Waals surface area contributed by atoms with Crippen molar-refractivity contribution in [2.24, 2.45) is 0 Å². The van der Waals surface area contributed by atoms with Crippen molar-refractivity contribution in [2.75, 3.05) is 11.1 Å². The zero-order valence-corrected chi connectivity index (χ0v) is 21.1. The van der Waals surface area contributed by atoms with Gasteiger partial charge in [0, 0.05) is 41.4 Å². The Labute approximate surface area is 209 Å². The molecule has 2 heterocycles. The molecule has 0 atom stereocenters. The molecule has 0 radical (unpaired) electrons. The van der Waals surface area contributed by atoms with Crippen molar-refractivity contribution in [3.63, 3.8) is 0 Å². The summed E-state index contributed by atoms with van der Waals surface area (Å²) in [5.41, 5.74) is 4.79. The Morgan fingerprint density at radius 1 is 1.11 bits per heavy atom. The highest BCUT2D eigenvalue weighted by molar-refractivity contribution is 7.99. The number of carbonyl (C=O) groups is 2. The van der Waals surface area contributed by atoms with Gasteiger partial charge in [0.05, 0.1) is 12.2 Å². The van der Waals surface area contributed by atoms with Gasteiger partial charge in [0.2, 0.25) is 5.91 Å². The third-order valence-corrected chi connectivity index (χ3v) is 6.94. The number of nitrogens with one attached hydrogen (secondary N) is 1. The fraction of sp³-hybridized carbons (Fsp3) is 0.259. The summed E-state index contributed by atoms with van der Waals surface area (Å²) in [4.78, 5) is 25.8. The summed E-state index contributed by atoms with van der Waals surface area (Å²) in [7, 11) is 0. The third-order valence-electron chi connectivity index (χ3n) is 5.98. The van der Waals surface area contributed by atoms with Crippen LogP contribution in [0.1, 0.15) is 34.2 Å². The van der Waals surface area contributed by atoms with Crippen LogP contribution in [0.4, 0.5) is 5.69 Å². The number of hydrogen-bond acceptors (Lipinski definition) is 5. The highest BCUT2D eigenvalue weighted by atomic mass is 32.2. The number of anilines is 1. The van der Waals surface area contributed by atoms with Crippen LogP contribution < -0.4 is 5.32 Å². The SMILES string of the molecule is C=CCn1c(CC(=O)Nc2ccc(C)c(C)c2)nnc1SCC(=O)c1cn(CC)c2ccccc12. The number of hydrogen-bond donors (Lipinski definition) is 1. The molecule has 2 aromatic carbocycles. The van der Waals surface area contributed by atoms with Crippen molar-refractivity contribution < 1.29 is 9.59 Å². The molecular weight excluding hydrogens is 458 g/mol. The minimum absolute atomic E-state index is 0.0283. The molecule has 0 aliphatic heterocycles. The van der Waals surface area contributed by atoms with E-state index in [1.165, 1.54) is 17.3 Å². The molecule has 0 unspecified atom stereocenters. The summed E-state index contributed by atoms with van der Waals surface area (Å²) in [6, 6.07) is 13.7. The zero-order chi connectivity index (χ0) is 24.9. The molecule has 0 fully saturated rings. The molecule has 0 aliphatic carbocycles. The van der Waals surface area contributed by atoms with E-state index in [0.29, 0.717) is 23.1 Å². The highest BCUT2D eigenvalue weighted by Gasteiger charge is 2.19. The maximum Gasteiger partial charge on any atom is 0.232 e. The molecule has 1 amide bonds. The summed E-state index contributed by atoms with van der Waals surface area (Å²) < 4.78 is 3.92. The van der Waals surface area contributed by atoms with E-state index < -0.39 is 0 Å². The van der Waals surface area contributed by atoms with E-state index in [1.807, 2.05) is 67.1 Å². The summed E-state index contributed by atoms with van der Waals surface area (Å²) >= 11 is 1.32. The molecule has 4 rings (SSSR count). The monoisotopic (exact) mass is 487 g/mol. The van der Waals surface area contributed by atoms with Gasteiger partial charge in [-0.05, 0) is 50.1 Å². The predicted molar refractivity (Wildman–Crippen MR) is 141 cm³/mol. The fourth-order valence-electron chi connectivity index (χ4n) is 3.98. The number of rotatable bonds is 10. The van der Waals surface area contributed by atoms with Gasteiger partial charge in [0.15, 0.2) is 10.9 Å². The van der Waals surface area contributed by atoms with Crippen LogP contribution in [-0.2, 0) is 24.3 Å². The smallest absolute Gasteiger partial charge is 0.232 e. The Morgan fingerprint density at radius 3 is 2.66 bits per heavy atom. The first-order valence-corrected chi connectivity index (χ1v) is 12.5. The van der Waals surface area contributed by atoms with Gasteiger partial charge in [-0.3, -0.25) is 9.59 Å². The van der Waals surface area contributed by atoms with Crippen molar-refractivity contribution in [3.8, 4) is 0 Å². The lowest BCUT2D eigenvalue weighted by Gasteiger charge is -2.09. The molecule has 0 aliphatic rings. The molecule has 1 N–H and O–H groups in total. The maximum absolute atomic E-state index is 13.1. The molecule has 7 nitrogen and oxygen atoms in total. The largest absolute Gasteiger partial charge is 0.347 e. The molecule has 180 valence electrons. The Hall–Kier alpha value is -3.65. The van der Waals surface area contributed by atoms with Crippen molar-refractivity contribution >= 4 is 40.0 Å². The number of ketones is 1. The molecule has 8 heteroatoms. The summed E-state index contributed by atoms with van der Waals surface area (Å²) in [6.07, 6.45) is 3.73. The number of fused-ring (bicyclic) bond motifs is 1. The van der Waals surface area contributed by atoms with Crippen LogP contribution >= 0.6 is 11.8 Å². The first kappa shape index (κ1) is 24.5. The predicted octanol–water partition coefficient (Wildman–Crippen LogP) is 5.21. The quantitative estimate of drug-likeness (QED) is 0.189. The van der Waals surface area contributed by atoms with Crippen molar-refractivity contribution in [1.29, 1.82) is 0 Å². The minimum Gasteiger partial charge on any atom is -0.347 e. The van der Waals surface area contributed by atoms with Gasteiger partial charge in [-0.2, -0.15) is 0 Å². The van der Waals surface area contributed by atoms with E-state index in [0.717, 1.165) is 28.7 Å². The van der Waals surface area contributed by atoms with Gasteiger partial charge in [-0.25, -0.2) is 0 Å². The normalized spacial score (nSPS) is 11.1. The van der Waals surface area contributed by atoms with Gasteiger partial charge >= 0.3 is 0 Å². The van der Waals surface area contributed by atoms with E-state index in [-0.39, 0.29) is 23.9 Å². The van der Waals surface area contributed by atoms with Crippen LogP contribution in [0.2, 0.25) is 0 Å². The first-order valence-electron chi connectivity index (χ1n) is 11.5. The summed E-state index contributed by atoms with van der Waals surface area (Å²) in [5, 5.41) is 13.0. The van der Waals surface area contributed by atoms with Crippen LogP contribution in [0.15, 0.2) is 66.5 Å². The summed E-state index contributed by atoms with van der Waals surface area (Å²) in [5.74, 6) is 0.609. The second-order valence-electron chi connectivity index (χ2n) is 8.38. The molecule has 2 aromatic heterocycles. The molecule has 0 saturated carbocycles. The number of para-hydroxylation sites is 1. The number of benzene rings is 2. The average molecular weight is 488 g/mol. The Balaban J connectivity index is 1.47. The van der Waals surface area contributed by atoms with Gasteiger partial charge in [-0.1, -0.05) is 42.1 Å².